The maximum atomic E-state index is 3.12. The van der Waals surface area contributed by atoms with E-state index in [0.29, 0.717) is 0 Å². The summed E-state index contributed by atoms with van der Waals surface area (Å²) in [6, 6.07) is 0. The van der Waals surface area contributed by atoms with E-state index in [9.17, 15) is 0 Å². The number of nitrogens with one attached hydrogen (secondary N) is 1. The Kier molecular flexibility index (Phi) is 2.99. The van der Waals surface area contributed by atoms with Crippen LogP contribution in [0.2, 0.25) is 0 Å². The highest BCUT2D eigenvalue weighted by atomic mass is 127. The largest absolute Gasteiger partial charge is 0.387 e. The summed E-state index contributed by atoms with van der Waals surface area (Å²) in [6.45, 7) is 3.06. The Hall–Kier alpha value is -0.250. The first-order valence-corrected chi connectivity index (χ1v) is 4.30. The van der Waals surface area contributed by atoms with Gasteiger partial charge in [0, 0.05) is 6.54 Å². The summed E-state index contributed by atoms with van der Waals surface area (Å²) < 4.78 is 1.31. The topological polar surface area (TPSA) is 12.0 Å². The molecule has 0 saturated carbocycles. The summed E-state index contributed by atoms with van der Waals surface area (Å²) in [5.74, 6) is 0. The molecule has 1 nitrogen and oxygen atoms in total. The van der Waals surface area contributed by atoms with Crippen molar-refractivity contribution in [1.82, 2.24) is 5.32 Å². The highest BCUT2D eigenvalue weighted by molar-refractivity contribution is 14.1. The zero-order valence-electron chi connectivity index (χ0n) is 5.89. The van der Waals surface area contributed by atoms with Crippen molar-refractivity contribution >= 4 is 22.6 Å². The number of rotatable bonds is 1. The molecule has 54 valence electrons. The van der Waals surface area contributed by atoms with Gasteiger partial charge in [-0.05, 0) is 50.9 Å². The van der Waals surface area contributed by atoms with Gasteiger partial charge in [0.15, 0.2) is 0 Å². The highest BCUT2D eigenvalue weighted by Crippen LogP contribution is 2.06. The van der Waals surface area contributed by atoms with Gasteiger partial charge in [0.05, 0.1) is 0 Å². The molecule has 10 heavy (non-hydrogen) atoms. The lowest BCUT2D eigenvalue weighted by Crippen LogP contribution is -1.99. The van der Waals surface area contributed by atoms with Crippen molar-refractivity contribution in [2.24, 2.45) is 0 Å². The predicted molar refractivity (Wildman–Crippen MR) is 53.0 cm³/mol. The fourth-order valence-corrected chi connectivity index (χ4v) is 0.918. The third-order valence-electron chi connectivity index (χ3n) is 1.25. The van der Waals surface area contributed by atoms with Crippen molar-refractivity contribution in [3.63, 3.8) is 0 Å². The molecule has 0 fully saturated rings. The summed E-state index contributed by atoms with van der Waals surface area (Å²) >= 11 is 2.30. The molecule has 0 atom stereocenters. The van der Waals surface area contributed by atoms with Gasteiger partial charge in [0.25, 0.3) is 0 Å². The van der Waals surface area contributed by atoms with Gasteiger partial charge in [-0.25, -0.2) is 0 Å². The number of halogens is 1. The van der Waals surface area contributed by atoms with Gasteiger partial charge in [-0.15, -0.1) is 0 Å². The van der Waals surface area contributed by atoms with Crippen LogP contribution in [0.4, 0.5) is 0 Å². The zero-order chi connectivity index (χ0) is 7.40. The van der Waals surface area contributed by atoms with E-state index in [2.05, 4.69) is 53.1 Å². The number of allylic oxidation sites excluding steroid dienone is 3. The molecular weight excluding hydrogens is 237 g/mol. The van der Waals surface area contributed by atoms with Crippen molar-refractivity contribution in [1.29, 1.82) is 0 Å². The molecule has 0 amide bonds. The van der Waals surface area contributed by atoms with Crippen molar-refractivity contribution in [3.8, 4) is 0 Å². The van der Waals surface area contributed by atoms with E-state index in [0.717, 1.165) is 6.54 Å². The average molecular weight is 247 g/mol. The predicted octanol–water partition coefficient (Wildman–Crippen LogP) is 2.37. The van der Waals surface area contributed by atoms with Crippen LogP contribution in [0.15, 0.2) is 33.6 Å². The standard InChI is InChI=1S/C8H10IN/c1-7(9)2-3-8-4-5-10-6-8/h2-5,10H,6H2,1H3/b7-2+,8-3-. The molecule has 0 bridgehead atoms. The highest BCUT2D eigenvalue weighted by Gasteiger charge is 1.94. The molecule has 0 spiro atoms. The second-order valence-corrected chi connectivity index (χ2v) is 3.91. The van der Waals surface area contributed by atoms with Crippen LogP contribution in [0.25, 0.3) is 0 Å². The second-order valence-electron chi connectivity index (χ2n) is 2.21. The van der Waals surface area contributed by atoms with Crippen LogP contribution in [0.1, 0.15) is 6.92 Å². The zero-order valence-corrected chi connectivity index (χ0v) is 8.05. The summed E-state index contributed by atoms with van der Waals surface area (Å²) in [5.41, 5.74) is 1.34. The number of hydrogen-bond acceptors (Lipinski definition) is 1. The molecule has 1 rings (SSSR count). The Bertz CT molecular complexity index is 197. The van der Waals surface area contributed by atoms with E-state index in [1.807, 2.05) is 6.20 Å². The molecule has 1 heterocycles. The molecule has 1 aliphatic rings. The minimum atomic E-state index is 0.973. The molecular formula is C8H10IN. The van der Waals surface area contributed by atoms with Gasteiger partial charge < -0.3 is 5.32 Å². The van der Waals surface area contributed by atoms with Crippen molar-refractivity contribution < 1.29 is 0 Å². The van der Waals surface area contributed by atoms with Crippen LogP contribution in [0.3, 0.4) is 0 Å². The summed E-state index contributed by atoms with van der Waals surface area (Å²) in [6.07, 6.45) is 8.32. The van der Waals surface area contributed by atoms with Crippen LogP contribution in [0.5, 0.6) is 0 Å². The first-order chi connectivity index (χ1) is 4.79. The fraction of sp³-hybridized carbons (Fsp3) is 0.250. The van der Waals surface area contributed by atoms with Crippen LogP contribution in [-0.2, 0) is 0 Å². The van der Waals surface area contributed by atoms with Crippen LogP contribution < -0.4 is 5.32 Å². The number of hydrogen-bond donors (Lipinski definition) is 1. The average Bonchev–Trinajstić information content (AvgIpc) is 2.34. The van der Waals surface area contributed by atoms with E-state index in [-0.39, 0.29) is 0 Å². The van der Waals surface area contributed by atoms with Crippen LogP contribution in [0, 0.1) is 0 Å². The molecule has 0 aromatic rings. The van der Waals surface area contributed by atoms with Gasteiger partial charge in [-0.3, -0.25) is 0 Å². The van der Waals surface area contributed by atoms with E-state index >= 15 is 0 Å². The Morgan fingerprint density at radius 2 is 2.60 bits per heavy atom. The van der Waals surface area contributed by atoms with Gasteiger partial charge in [-0.1, -0.05) is 12.2 Å². The van der Waals surface area contributed by atoms with E-state index in [1.54, 1.807) is 0 Å². The molecule has 0 aliphatic carbocycles. The first kappa shape index (κ1) is 7.85. The lowest BCUT2D eigenvalue weighted by molar-refractivity contribution is 1.01. The molecule has 1 N–H and O–H groups in total. The van der Waals surface area contributed by atoms with Gasteiger partial charge >= 0.3 is 0 Å². The van der Waals surface area contributed by atoms with E-state index < -0.39 is 0 Å². The first-order valence-electron chi connectivity index (χ1n) is 3.22. The van der Waals surface area contributed by atoms with Crippen molar-refractivity contribution in [3.05, 3.63) is 33.6 Å². The lowest BCUT2D eigenvalue weighted by atomic mass is 10.2. The van der Waals surface area contributed by atoms with E-state index in [4.69, 9.17) is 0 Å². The van der Waals surface area contributed by atoms with Crippen LogP contribution in [-0.4, -0.2) is 6.54 Å². The Balaban J connectivity index is 2.55. The van der Waals surface area contributed by atoms with E-state index in [1.165, 1.54) is 9.15 Å². The van der Waals surface area contributed by atoms with Gasteiger partial charge in [0.2, 0.25) is 0 Å². The normalized spacial score (nSPS) is 21.8. The molecule has 0 aromatic carbocycles. The van der Waals surface area contributed by atoms with Crippen molar-refractivity contribution in [2.75, 3.05) is 6.54 Å². The Labute approximate surface area is 75.0 Å². The summed E-state index contributed by atoms with van der Waals surface area (Å²) in [4.78, 5) is 0. The maximum Gasteiger partial charge on any atom is 0.0395 e. The van der Waals surface area contributed by atoms with Crippen LogP contribution >= 0.6 is 22.6 Å². The lowest BCUT2D eigenvalue weighted by Gasteiger charge is -1.89. The fourth-order valence-electron chi connectivity index (χ4n) is 0.738. The molecule has 2 heteroatoms. The van der Waals surface area contributed by atoms with Gasteiger partial charge in [0.1, 0.15) is 0 Å². The molecule has 1 aliphatic heterocycles. The third kappa shape index (κ3) is 2.56. The molecule has 0 unspecified atom stereocenters. The summed E-state index contributed by atoms with van der Waals surface area (Å²) in [7, 11) is 0. The molecule has 0 aromatic heterocycles. The quantitative estimate of drug-likeness (QED) is 0.701. The minimum Gasteiger partial charge on any atom is -0.387 e. The molecule has 0 radical (unpaired) electrons. The third-order valence-corrected chi connectivity index (χ3v) is 1.61. The summed E-state index contributed by atoms with van der Waals surface area (Å²) in [5, 5.41) is 3.12. The Morgan fingerprint density at radius 1 is 1.80 bits per heavy atom. The minimum absolute atomic E-state index is 0.973. The Morgan fingerprint density at radius 3 is 3.10 bits per heavy atom. The maximum absolute atomic E-state index is 3.12. The second kappa shape index (κ2) is 3.81. The van der Waals surface area contributed by atoms with Gasteiger partial charge in [-0.2, -0.15) is 0 Å². The van der Waals surface area contributed by atoms with Crippen molar-refractivity contribution in [2.45, 2.75) is 6.92 Å². The molecule has 0 saturated heterocycles. The SMILES string of the molecule is C/C(I)=C\C=C1\C=CNC1. The smallest absolute Gasteiger partial charge is 0.0395 e. The monoisotopic (exact) mass is 247 g/mol.